The Morgan fingerprint density at radius 2 is 1.61 bits per heavy atom. The van der Waals surface area contributed by atoms with Gasteiger partial charge in [0.1, 0.15) is 0 Å². The standard InChI is InChI=1S/C21H31N3O3S/c1-15(14-24-11-3-2-4-12-24)28(26,27)23-21(25)22-20-18-9-5-7-16(18)13-17-8-6-10-19(17)20/h13,15H,2-12,14H2,1H3,(H2,22,23,25). The second-order valence-corrected chi connectivity index (χ2v) is 10.6. The highest BCUT2D eigenvalue weighted by molar-refractivity contribution is 7.90. The van der Waals surface area contributed by atoms with Crippen LogP contribution in [-0.2, 0) is 35.7 Å². The number of nitrogens with zero attached hydrogens (tertiary/aromatic N) is 1. The van der Waals surface area contributed by atoms with E-state index in [4.69, 9.17) is 0 Å². The van der Waals surface area contributed by atoms with Crippen molar-refractivity contribution in [2.75, 3.05) is 25.0 Å². The number of piperidine rings is 1. The summed E-state index contributed by atoms with van der Waals surface area (Å²) in [6.07, 6.45) is 9.64. The molecule has 28 heavy (non-hydrogen) atoms. The van der Waals surface area contributed by atoms with Crippen LogP contribution in [0.1, 0.15) is 61.3 Å². The van der Waals surface area contributed by atoms with Crippen LogP contribution in [0, 0.1) is 0 Å². The number of carbonyl (C=O) groups is 1. The summed E-state index contributed by atoms with van der Waals surface area (Å²) in [7, 11) is -3.71. The van der Waals surface area contributed by atoms with Gasteiger partial charge in [-0.1, -0.05) is 12.5 Å². The first-order chi connectivity index (χ1) is 13.4. The number of urea groups is 1. The summed E-state index contributed by atoms with van der Waals surface area (Å²) in [4.78, 5) is 14.8. The first kappa shape index (κ1) is 19.7. The van der Waals surface area contributed by atoms with E-state index >= 15 is 0 Å². The van der Waals surface area contributed by atoms with Crippen molar-refractivity contribution in [3.8, 4) is 0 Å². The van der Waals surface area contributed by atoms with E-state index in [9.17, 15) is 13.2 Å². The van der Waals surface area contributed by atoms with E-state index in [-0.39, 0.29) is 0 Å². The van der Waals surface area contributed by atoms with Crippen LogP contribution in [-0.4, -0.2) is 44.2 Å². The largest absolute Gasteiger partial charge is 0.332 e. The average Bonchev–Trinajstić information content (AvgIpc) is 3.31. The lowest BCUT2D eigenvalue weighted by molar-refractivity contribution is 0.229. The number of carbonyl (C=O) groups excluding carboxylic acids is 1. The van der Waals surface area contributed by atoms with E-state index in [0.29, 0.717) is 6.54 Å². The second-order valence-electron chi connectivity index (χ2n) is 8.51. The predicted molar refractivity (Wildman–Crippen MR) is 111 cm³/mol. The molecule has 0 aromatic heterocycles. The van der Waals surface area contributed by atoms with Gasteiger partial charge in [-0.15, -0.1) is 0 Å². The minimum Gasteiger partial charge on any atom is -0.307 e. The zero-order chi connectivity index (χ0) is 19.7. The van der Waals surface area contributed by atoms with Crippen LogP contribution >= 0.6 is 0 Å². The highest BCUT2D eigenvalue weighted by Gasteiger charge is 2.28. The number of amides is 2. The van der Waals surface area contributed by atoms with Crippen LogP contribution in [0.3, 0.4) is 0 Å². The number of aryl methyl sites for hydroxylation is 2. The van der Waals surface area contributed by atoms with Gasteiger partial charge in [0.25, 0.3) is 0 Å². The number of hydrogen-bond donors (Lipinski definition) is 2. The number of benzene rings is 1. The SMILES string of the molecule is CC(CN1CCCCC1)S(=O)(=O)NC(=O)Nc1c2c(cc3c1CCC3)CCC2. The summed E-state index contributed by atoms with van der Waals surface area (Å²) in [5.41, 5.74) is 5.91. The monoisotopic (exact) mass is 405 g/mol. The number of fused-ring (bicyclic) bond motifs is 2. The van der Waals surface area contributed by atoms with E-state index in [1.807, 2.05) is 0 Å². The lowest BCUT2D eigenvalue weighted by Crippen LogP contribution is -2.45. The van der Waals surface area contributed by atoms with E-state index in [1.165, 1.54) is 28.7 Å². The maximum absolute atomic E-state index is 12.7. The van der Waals surface area contributed by atoms with E-state index in [0.717, 1.165) is 70.1 Å². The first-order valence-corrected chi connectivity index (χ1v) is 12.2. The number of likely N-dealkylation sites (tertiary alicyclic amines) is 1. The van der Waals surface area contributed by atoms with Gasteiger partial charge in [0.15, 0.2) is 0 Å². The molecule has 0 spiro atoms. The third-order valence-corrected chi connectivity index (χ3v) is 8.12. The van der Waals surface area contributed by atoms with Gasteiger partial charge < -0.3 is 10.2 Å². The van der Waals surface area contributed by atoms with Gasteiger partial charge in [-0.25, -0.2) is 17.9 Å². The number of anilines is 1. The molecular weight excluding hydrogens is 374 g/mol. The Bertz CT molecular complexity index is 828. The van der Waals surface area contributed by atoms with Gasteiger partial charge >= 0.3 is 6.03 Å². The third kappa shape index (κ3) is 4.06. The molecule has 0 bridgehead atoms. The van der Waals surface area contributed by atoms with Crippen molar-refractivity contribution in [2.45, 2.75) is 70.0 Å². The molecule has 0 radical (unpaired) electrons. The summed E-state index contributed by atoms with van der Waals surface area (Å²) in [5.74, 6) is 0. The molecule has 3 aliphatic rings. The maximum Gasteiger partial charge on any atom is 0.332 e. The van der Waals surface area contributed by atoms with Crippen LogP contribution in [0.15, 0.2) is 6.07 Å². The molecule has 1 aromatic carbocycles. The summed E-state index contributed by atoms with van der Waals surface area (Å²) >= 11 is 0. The van der Waals surface area contributed by atoms with Crippen molar-refractivity contribution in [1.82, 2.24) is 9.62 Å². The fourth-order valence-corrected chi connectivity index (χ4v) is 5.86. The van der Waals surface area contributed by atoms with Crippen LogP contribution in [0.5, 0.6) is 0 Å². The topological polar surface area (TPSA) is 78.5 Å². The van der Waals surface area contributed by atoms with Gasteiger partial charge in [-0.05, 0) is 93.6 Å². The normalized spacial score (nSPS) is 20.5. The zero-order valence-electron chi connectivity index (χ0n) is 16.7. The molecule has 2 N–H and O–H groups in total. The zero-order valence-corrected chi connectivity index (χ0v) is 17.5. The second kappa shape index (κ2) is 8.03. The summed E-state index contributed by atoms with van der Waals surface area (Å²) in [5, 5.41) is 2.29. The lowest BCUT2D eigenvalue weighted by atomic mass is 9.99. The van der Waals surface area contributed by atoms with Crippen LogP contribution in [0.25, 0.3) is 0 Å². The fraction of sp³-hybridized carbons (Fsp3) is 0.667. The Kier molecular flexibility index (Phi) is 5.65. The summed E-state index contributed by atoms with van der Waals surface area (Å²) in [6.45, 7) is 4.03. The van der Waals surface area contributed by atoms with E-state index < -0.39 is 21.3 Å². The van der Waals surface area contributed by atoms with Crippen LogP contribution < -0.4 is 10.0 Å². The average molecular weight is 406 g/mol. The molecule has 154 valence electrons. The highest BCUT2D eigenvalue weighted by Crippen LogP contribution is 2.38. The number of hydrogen-bond acceptors (Lipinski definition) is 4. The van der Waals surface area contributed by atoms with Crippen molar-refractivity contribution < 1.29 is 13.2 Å². The van der Waals surface area contributed by atoms with Gasteiger partial charge in [0.05, 0.1) is 5.25 Å². The molecule has 1 aromatic rings. The number of nitrogens with one attached hydrogen (secondary N) is 2. The van der Waals surface area contributed by atoms with Crippen LogP contribution in [0.2, 0.25) is 0 Å². The van der Waals surface area contributed by atoms with Crippen LogP contribution in [0.4, 0.5) is 10.5 Å². The number of rotatable bonds is 5. The highest BCUT2D eigenvalue weighted by atomic mass is 32.2. The first-order valence-electron chi connectivity index (χ1n) is 10.7. The molecule has 1 fully saturated rings. The summed E-state index contributed by atoms with van der Waals surface area (Å²) in [6, 6.07) is 1.67. The van der Waals surface area contributed by atoms with Crippen molar-refractivity contribution in [3.63, 3.8) is 0 Å². The Morgan fingerprint density at radius 3 is 2.21 bits per heavy atom. The lowest BCUT2D eigenvalue weighted by Gasteiger charge is -2.28. The van der Waals surface area contributed by atoms with Crippen molar-refractivity contribution in [2.24, 2.45) is 0 Å². The van der Waals surface area contributed by atoms with Crippen molar-refractivity contribution >= 4 is 21.7 Å². The van der Waals surface area contributed by atoms with Gasteiger partial charge in [0, 0.05) is 12.2 Å². The van der Waals surface area contributed by atoms with E-state index in [2.05, 4.69) is 21.0 Å². The Morgan fingerprint density at radius 1 is 1.00 bits per heavy atom. The molecule has 2 amide bonds. The quantitative estimate of drug-likeness (QED) is 0.789. The molecule has 0 saturated carbocycles. The fourth-order valence-electron chi connectivity index (χ4n) is 4.94. The third-order valence-electron chi connectivity index (χ3n) is 6.44. The molecule has 2 aliphatic carbocycles. The number of sulfonamides is 1. The molecule has 1 aliphatic heterocycles. The Balaban J connectivity index is 1.44. The Labute approximate surface area is 168 Å². The maximum atomic E-state index is 12.7. The Hall–Kier alpha value is -1.60. The van der Waals surface area contributed by atoms with Gasteiger partial charge in [0.2, 0.25) is 10.0 Å². The molecule has 1 unspecified atom stereocenters. The minimum absolute atomic E-state index is 0.471. The smallest absolute Gasteiger partial charge is 0.307 e. The van der Waals surface area contributed by atoms with Crippen molar-refractivity contribution in [1.29, 1.82) is 0 Å². The molecular formula is C21H31N3O3S. The molecule has 1 heterocycles. The predicted octanol–water partition coefficient (Wildman–Crippen LogP) is 2.99. The molecule has 4 rings (SSSR count). The molecule has 1 atom stereocenters. The van der Waals surface area contributed by atoms with Gasteiger partial charge in [-0.3, -0.25) is 0 Å². The molecule has 7 heteroatoms. The minimum atomic E-state index is -3.71. The van der Waals surface area contributed by atoms with Gasteiger partial charge in [-0.2, -0.15) is 0 Å². The summed E-state index contributed by atoms with van der Waals surface area (Å²) < 4.78 is 27.6. The molecule has 1 saturated heterocycles. The van der Waals surface area contributed by atoms with E-state index in [1.54, 1.807) is 6.92 Å². The molecule has 6 nitrogen and oxygen atoms in total. The van der Waals surface area contributed by atoms with Crippen molar-refractivity contribution in [3.05, 3.63) is 28.3 Å².